The summed E-state index contributed by atoms with van der Waals surface area (Å²) in [6.07, 6.45) is 6.97. The Morgan fingerprint density at radius 1 is 1.35 bits per heavy atom. The SMILES string of the molecule is CSC1CCC(Nc2cc(C)c([N+](=O)[O-])cc2Br)CC1. The van der Waals surface area contributed by atoms with Crippen molar-refractivity contribution in [1.82, 2.24) is 0 Å². The topological polar surface area (TPSA) is 55.2 Å². The van der Waals surface area contributed by atoms with E-state index in [9.17, 15) is 10.1 Å². The van der Waals surface area contributed by atoms with Crippen LogP contribution in [0.5, 0.6) is 0 Å². The van der Waals surface area contributed by atoms with Crippen LogP contribution in [0.25, 0.3) is 0 Å². The molecule has 2 rings (SSSR count). The van der Waals surface area contributed by atoms with Crippen LogP contribution in [-0.4, -0.2) is 22.5 Å². The largest absolute Gasteiger partial charge is 0.381 e. The zero-order chi connectivity index (χ0) is 14.7. The van der Waals surface area contributed by atoms with Crippen molar-refractivity contribution in [3.05, 3.63) is 32.3 Å². The van der Waals surface area contributed by atoms with Crippen LogP contribution in [0.2, 0.25) is 0 Å². The zero-order valence-electron chi connectivity index (χ0n) is 11.7. The molecule has 20 heavy (non-hydrogen) atoms. The summed E-state index contributed by atoms with van der Waals surface area (Å²) in [6, 6.07) is 3.92. The molecule has 1 aliphatic rings. The molecular formula is C14H19BrN2O2S. The molecule has 0 spiro atoms. The first kappa shape index (κ1) is 15.6. The molecule has 6 heteroatoms. The van der Waals surface area contributed by atoms with Crippen LogP contribution in [-0.2, 0) is 0 Å². The van der Waals surface area contributed by atoms with Crippen molar-refractivity contribution < 1.29 is 4.92 Å². The van der Waals surface area contributed by atoms with E-state index >= 15 is 0 Å². The normalized spacial score (nSPS) is 22.6. The van der Waals surface area contributed by atoms with Gasteiger partial charge in [-0.05, 0) is 60.9 Å². The number of aryl methyl sites for hydroxylation is 1. The van der Waals surface area contributed by atoms with E-state index in [1.54, 1.807) is 13.0 Å². The van der Waals surface area contributed by atoms with Crippen LogP contribution < -0.4 is 5.32 Å². The van der Waals surface area contributed by atoms with E-state index in [-0.39, 0.29) is 10.6 Å². The van der Waals surface area contributed by atoms with Crippen molar-refractivity contribution >= 4 is 39.1 Å². The number of hydrogen-bond donors (Lipinski definition) is 1. The summed E-state index contributed by atoms with van der Waals surface area (Å²) in [5, 5.41) is 15.2. The van der Waals surface area contributed by atoms with E-state index in [1.165, 1.54) is 12.8 Å². The number of hydrogen-bond acceptors (Lipinski definition) is 4. The summed E-state index contributed by atoms with van der Waals surface area (Å²) in [7, 11) is 0. The first-order valence-corrected chi connectivity index (χ1v) is 8.83. The average molecular weight is 359 g/mol. The number of nitro groups is 1. The Bertz CT molecular complexity index is 502. The Morgan fingerprint density at radius 3 is 2.55 bits per heavy atom. The van der Waals surface area contributed by atoms with Gasteiger partial charge >= 0.3 is 0 Å². The molecule has 1 fully saturated rings. The highest BCUT2D eigenvalue weighted by Gasteiger charge is 2.22. The third-order valence-electron chi connectivity index (χ3n) is 3.85. The highest BCUT2D eigenvalue weighted by atomic mass is 79.9. The summed E-state index contributed by atoms with van der Waals surface area (Å²) in [6.45, 7) is 1.78. The quantitative estimate of drug-likeness (QED) is 0.623. The lowest BCUT2D eigenvalue weighted by molar-refractivity contribution is -0.385. The number of nitrogens with one attached hydrogen (secondary N) is 1. The van der Waals surface area contributed by atoms with Gasteiger partial charge in [0.2, 0.25) is 0 Å². The summed E-state index contributed by atoms with van der Waals surface area (Å²) in [4.78, 5) is 10.6. The van der Waals surface area contributed by atoms with Gasteiger partial charge in [-0.15, -0.1) is 0 Å². The molecule has 1 aromatic rings. The van der Waals surface area contributed by atoms with Crippen LogP contribution in [0.1, 0.15) is 31.2 Å². The van der Waals surface area contributed by atoms with Gasteiger partial charge in [0.15, 0.2) is 0 Å². The van der Waals surface area contributed by atoms with E-state index in [4.69, 9.17) is 0 Å². The van der Waals surface area contributed by atoms with Gasteiger partial charge in [-0.3, -0.25) is 10.1 Å². The highest BCUT2D eigenvalue weighted by molar-refractivity contribution is 9.10. The van der Waals surface area contributed by atoms with E-state index in [0.29, 0.717) is 11.6 Å². The van der Waals surface area contributed by atoms with Gasteiger partial charge in [0.05, 0.1) is 4.92 Å². The molecule has 0 bridgehead atoms. The third-order valence-corrected chi connectivity index (χ3v) is 5.64. The minimum absolute atomic E-state index is 0.161. The number of anilines is 1. The van der Waals surface area contributed by atoms with E-state index in [0.717, 1.165) is 28.3 Å². The summed E-state index contributed by atoms with van der Waals surface area (Å²) in [5.74, 6) is 0. The molecular weight excluding hydrogens is 340 g/mol. The van der Waals surface area contributed by atoms with Gasteiger partial charge in [-0.25, -0.2) is 0 Å². The van der Waals surface area contributed by atoms with Crippen LogP contribution in [0.3, 0.4) is 0 Å². The number of benzene rings is 1. The Balaban J connectivity index is 2.07. The third kappa shape index (κ3) is 3.67. The Kier molecular flexibility index (Phi) is 5.32. The maximum absolute atomic E-state index is 10.9. The zero-order valence-corrected chi connectivity index (χ0v) is 14.1. The average Bonchev–Trinajstić information content (AvgIpc) is 2.43. The molecule has 0 radical (unpaired) electrons. The number of nitrogens with zero attached hydrogens (tertiary/aromatic N) is 1. The molecule has 0 unspecified atom stereocenters. The second-order valence-corrected chi connectivity index (χ2v) is 7.22. The molecule has 4 nitrogen and oxygen atoms in total. The van der Waals surface area contributed by atoms with Gasteiger partial charge in [-0.2, -0.15) is 11.8 Å². The first-order valence-electron chi connectivity index (χ1n) is 6.75. The van der Waals surface area contributed by atoms with Crippen molar-refractivity contribution in [1.29, 1.82) is 0 Å². The monoisotopic (exact) mass is 358 g/mol. The minimum Gasteiger partial charge on any atom is -0.381 e. The second-order valence-electron chi connectivity index (χ2n) is 5.23. The van der Waals surface area contributed by atoms with Crippen LogP contribution >= 0.6 is 27.7 Å². The molecule has 0 atom stereocenters. The van der Waals surface area contributed by atoms with E-state index < -0.39 is 0 Å². The number of nitro benzene ring substituents is 1. The lowest BCUT2D eigenvalue weighted by atomic mass is 9.94. The molecule has 1 aromatic carbocycles. The van der Waals surface area contributed by atoms with Crippen molar-refractivity contribution in [2.24, 2.45) is 0 Å². The molecule has 1 N–H and O–H groups in total. The molecule has 0 aliphatic heterocycles. The van der Waals surface area contributed by atoms with Gasteiger partial charge < -0.3 is 5.32 Å². The van der Waals surface area contributed by atoms with Gasteiger partial charge in [0, 0.05) is 33.1 Å². The fourth-order valence-corrected chi connectivity index (χ4v) is 3.83. The molecule has 0 saturated heterocycles. The van der Waals surface area contributed by atoms with Crippen molar-refractivity contribution in [2.75, 3.05) is 11.6 Å². The Labute approximate surface area is 132 Å². The maximum Gasteiger partial charge on any atom is 0.273 e. The van der Waals surface area contributed by atoms with E-state index in [2.05, 4.69) is 27.5 Å². The van der Waals surface area contributed by atoms with Crippen LogP contribution in [0.15, 0.2) is 16.6 Å². The van der Waals surface area contributed by atoms with Crippen LogP contribution in [0.4, 0.5) is 11.4 Å². The highest BCUT2D eigenvalue weighted by Crippen LogP contribution is 2.34. The van der Waals surface area contributed by atoms with E-state index in [1.807, 2.05) is 17.8 Å². The van der Waals surface area contributed by atoms with Crippen molar-refractivity contribution in [2.45, 2.75) is 43.9 Å². The predicted octanol–water partition coefficient (Wildman–Crippen LogP) is 4.75. The Morgan fingerprint density at radius 2 is 2.00 bits per heavy atom. The van der Waals surface area contributed by atoms with Gasteiger partial charge in [0.1, 0.15) is 0 Å². The number of thioether (sulfide) groups is 1. The van der Waals surface area contributed by atoms with Crippen molar-refractivity contribution in [3.8, 4) is 0 Å². The minimum atomic E-state index is -0.340. The molecule has 0 amide bonds. The first-order chi connectivity index (χ1) is 9.51. The lowest BCUT2D eigenvalue weighted by Crippen LogP contribution is -2.27. The maximum atomic E-state index is 10.9. The fraction of sp³-hybridized carbons (Fsp3) is 0.571. The summed E-state index contributed by atoms with van der Waals surface area (Å²) in [5.41, 5.74) is 1.81. The smallest absolute Gasteiger partial charge is 0.273 e. The van der Waals surface area contributed by atoms with Crippen LogP contribution in [0, 0.1) is 17.0 Å². The Hall–Kier alpha value is -0.750. The lowest BCUT2D eigenvalue weighted by Gasteiger charge is -2.29. The molecule has 0 heterocycles. The summed E-state index contributed by atoms with van der Waals surface area (Å²) >= 11 is 5.38. The second kappa shape index (κ2) is 6.80. The molecule has 0 aromatic heterocycles. The predicted molar refractivity (Wildman–Crippen MR) is 88.7 cm³/mol. The van der Waals surface area contributed by atoms with Gasteiger partial charge in [-0.1, -0.05) is 0 Å². The number of rotatable bonds is 4. The molecule has 1 aliphatic carbocycles. The standard InChI is InChI=1S/C14H19BrN2O2S/c1-9-7-13(12(15)8-14(9)17(18)19)16-10-3-5-11(20-2)6-4-10/h7-8,10-11,16H,3-6H2,1-2H3. The molecule has 110 valence electrons. The molecule has 1 saturated carbocycles. The van der Waals surface area contributed by atoms with Gasteiger partial charge in [0.25, 0.3) is 5.69 Å². The summed E-state index contributed by atoms with van der Waals surface area (Å²) < 4.78 is 0.766. The fourth-order valence-electron chi connectivity index (χ4n) is 2.64. The van der Waals surface area contributed by atoms with Crippen molar-refractivity contribution in [3.63, 3.8) is 0 Å². The number of halogens is 1.